The van der Waals surface area contributed by atoms with E-state index in [1.165, 1.54) is 17.7 Å². The Hall–Kier alpha value is -1.83. The molecule has 2 saturated heterocycles. The Labute approximate surface area is 199 Å². The molecule has 1 N–H and O–H groups in total. The first-order chi connectivity index (χ1) is 15.4. The van der Waals surface area contributed by atoms with Crippen LogP contribution in [0.5, 0.6) is 0 Å². The lowest BCUT2D eigenvalue weighted by Gasteiger charge is -2.26. The highest BCUT2D eigenvalue weighted by Gasteiger charge is 2.52. The van der Waals surface area contributed by atoms with Crippen LogP contribution in [0.25, 0.3) is 0 Å². The van der Waals surface area contributed by atoms with Crippen molar-refractivity contribution in [1.82, 2.24) is 20.0 Å². The van der Waals surface area contributed by atoms with E-state index in [4.69, 9.17) is 23.2 Å². The number of urea groups is 1. The molecule has 9 heteroatoms. The molecule has 1 aromatic rings. The van der Waals surface area contributed by atoms with Gasteiger partial charge in [0.25, 0.3) is 5.91 Å². The number of carbonyl (C=O) groups is 3. The van der Waals surface area contributed by atoms with Gasteiger partial charge in [-0.2, -0.15) is 0 Å². The molecule has 1 aliphatic carbocycles. The summed E-state index contributed by atoms with van der Waals surface area (Å²) in [5.74, 6) is -0.260. The van der Waals surface area contributed by atoms with Crippen molar-refractivity contribution in [3.8, 4) is 0 Å². The molecule has 4 rings (SSSR count). The number of hydrogen-bond acceptors (Lipinski definition) is 4. The van der Waals surface area contributed by atoms with Gasteiger partial charge in [0.05, 0.1) is 10.0 Å². The molecule has 7 nitrogen and oxygen atoms in total. The van der Waals surface area contributed by atoms with Crippen LogP contribution in [-0.4, -0.2) is 70.8 Å². The third-order valence-corrected chi connectivity index (χ3v) is 7.59. The summed E-state index contributed by atoms with van der Waals surface area (Å²) in [6.07, 6.45) is 5.72. The summed E-state index contributed by atoms with van der Waals surface area (Å²) >= 11 is 12.2. The summed E-state index contributed by atoms with van der Waals surface area (Å²) in [6.45, 7) is 4.02. The predicted molar refractivity (Wildman–Crippen MR) is 124 cm³/mol. The first-order valence-electron chi connectivity index (χ1n) is 11.5. The lowest BCUT2D eigenvalue weighted by atomic mass is 9.98. The fourth-order valence-corrected chi connectivity index (χ4v) is 5.30. The maximum absolute atomic E-state index is 13.2. The Morgan fingerprint density at radius 3 is 2.44 bits per heavy atom. The van der Waals surface area contributed by atoms with Crippen molar-refractivity contribution in [2.24, 2.45) is 0 Å². The van der Waals surface area contributed by atoms with Gasteiger partial charge in [-0.3, -0.25) is 14.5 Å². The number of nitrogens with zero attached hydrogens (tertiary/aromatic N) is 3. The summed E-state index contributed by atoms with van der Waals surface area (Å²) in [6, 6.07) is 5.00. The van der Waals surface area contributed by atoms with E-state index in [-0.39, 0.29) is 30.8 Å². The third kappa shape index (κ3) is 5.05. The Kier molecular flexibility index (Phi) is 7.27. The van der Waals surface area contributed by atoms with E-state index in [0.29, 0.717) is 36.0 Å². The fraction of sp³-hybridized carbons (Fsp3) is 0.609. The average Bonchev–Trinajstić information content (AvgIpc) is 3.50. The van der Waals surface area contributed by atoms with Crippen molar-refractivity contribution in [3.05, 3.63) is 33.8 Å². The molecule has 32 heavy (non-hydrogen) atoms. The molecule has 0 unspecified atom stereocenters. The first kappa shape index (κ1) is 23.3. The van der Waals surface area contributed by atoms with Gasteiger partial charge < -0.3 is 15.1 Å². The number of hydrogen-bond donors (Lipinski definition) is 1. The Bertz CT molecular complexity index is 882. The molecule has 3 aliphatic rings. The maximum atomic E-state index is 13.2. The Balaban J connectivity index is 1.40. The highest BCUT2D eigenvalue weighted by molar-refractivity contribution is 6.42. The lowest BCUT2D eigenvalue weighted by molar-refractivity contribution is -0.134. The number of carbonyl (C=O) groups excluding carboxylic acids is 3. The average molecular weight is 481 g/mol. The van der Waals surface area contributed by atoms with Crippen LogP contribution in [0.1, 0.15) is 50.5 Å². The van der Waals surface area contributed by atoms with Gasteiger partial charge in [0.1, 0.15) is 5.54 Å². The number of nitrogens with one attached hydrogen (secondary N) is 1. The number of halogens is 2. The van der Waals surface area contributed by atoms with Gasteiger partial charge in [0.2, 0.25) is 5.91 Å². The lowest BCUT2D eigenvalue weighted by Crippen LogP contribution is -2.44. The molecule has 0 radical (unpaired) electrons. The van der Waals surface area contributed by atoms with Crippen LogP contribution in [0.15, 0.2) is 18.2 Å². The molecule has 3 fully saturated rings. The molecule has 174 valence electrons. The van der Waals surface area contributed by atoms with Crippen LogP contribution in [0.3, 0.4) is 0 Å². The van der Waals surface area contributed by atoms with Crippen LogP contribution in [-0.2, 0) is 16.1 Å². The number of rotatable bonds is 8. The standard InChI is InChI=1S/C23H30Cl2N4O3/c24-18-6-5-17(15-19(18)25)16-28(14-13-27-10-3-4-11-27)20(30)7-12-29-21(31)23(26-22(29)32)8-1-2-9-23/h5-6,15H,1-4,7-14,16H2,(H,26,32). The van der Waals surface area contributed by atoms with Crippen LogP contribution in [0.4, 0.5) is 4.79 Å². The largest absolute Gasteiger partial charge is 0.337 e. The second kappa shape index (κ2) is 9.98. The molecule has 1 saturated carbocycles. The molecule has 0 bridgehead atoms. The first-order valence-corrected chi connectivity index (χ1v) is 12.2. The van der Waals surface area contributed by atoms with Crippen molar-refractivity contribution in [1.29, 1.82) is 0 Å². The van der Waals surface area contributed by atoms with Crippen molar-refractivity contribution < 1.29 is 14.4 Å². The van der Waals surface area contributed by atoms with E-state index in [9.17, 15) is 14.4 Å². The summed E-state index contributed by atoms with van der Waals surface area (Å²) in [7, 11) is 0. The van der Waals surface area contributed by atoms with E-state index >= 15 is 0 Å². The van der Waals surface area contributed by atoms with Gasteiger partial charge in [0, 0.05) is 32.6 Å². The minimum absolute atomic E-state index is 0.0803. The van der Waals surface area contributed by atoms with E-state index in [1.54, 1.807) is 17.0 Å². The SMILES string of the molecule is O=C(CCN1C(=O)NC2(CCCC2)C1=O)N(CCN1CCCC1)Cc1ccc(Cl)c(Cl)c1. The second-order valence-corrected chi connectivity index (χ2v) is 9.85. The Morgan fingerprint density at radius 2 is 1.75 bits per heavy atom. The molecular weight excluding hydrogens is 451 g/mol. The number of likely N-dealkylation sites (tertiary alicyclic amines) is 1. The highest BCUT2D eigenvalue weighted by Crippen LogP contribution is 2.35. The van der Waals surface area contributed by atoms with Crippen molar-refractivity contribution in [3.63, 3.8) is 0 Å². The van der Waals surface area contributed by atoms with Gasteiger partial charge in [-0.25, -0.2) is 4.79 Å². The van der Waals surface area contributed by atoms with Crippen molar-refractivity contribution >= 4 is 41.0 Å². The normalized spacial score (nSPS) is 20.4. The van der Waals surface area contributed by atoms with Gasteiger partial charge >= 0.3 is 6.03 Å². The number of benzene rings is 1. The molecule has 2 heterocycles. The highest BCUT2D eigenvalue weighted by atomic mass is 35.5. The van der Waals surface area contributed by atoms with Crippen molar-refractivity contribution in [2.75, 3.05) is 32.7 Å². The van der Waals surface area contributed by atoms with Crippen LogP contribution < -0.4 is 5.32 Å². The second-order valence-electron chi connectivity index (χ2n) is 9.04. The van der Waals surface area contributed by atoms with Crippen LogP contribution in [0.2, 0.25) is 10.0 Å². The Morgan fingerprint density at radius 1 is 1.03 bits per heavy atom. The summed E-state index contributed by atoms with van der Waals surface area (Å²) in [5.41, 5.74) is 0.157. The zero-order chi connectivity index (χ0) is 22.7. The molecule has 4 amide bonds. The molecule has 2 aliphatic heterocycles. The van der Waals surface area contributed by atoms with E-state index in [1.807, 2.05) is 6.07 Å². The van der Waals surface area contributed by atoms with Crippen LogP contribution in [0, 0.1) is 0 Å². The zero-order valence-electron chi connectivity index (χ0n) is 18.2. The molecule has 1 aromatic carbocycles. The minimum Gasteiger partial charge on any atom is -0.337 e. The number of imide groups is 1. The van der Waals surface area contributed by atoms with E-state index < -0.39 is 5.54 Å². The topological polar surface area (TPSA) is 73.0 Å². The van der Waals surface area contributed by atoms with Gasteiger partial charge in [0.15, 0.2) is 0 Å². The summed E-state index contributed by atoms with van der Waals surface area (Å²) in [4.78, 5) is 43.8. The van der Waals surface area contributed by atoms with E-state index in [2.05, 4.69) is 10.2 Å². The molecule has 0 atom stereocenters. The van der Waals surface area contributed by atoms with Gasteiger partial charge in [-0.15, -0.1) is 0 Å². The molecule has 0 aromatic heterocycles. The third-order valence-electron chi connectivity index (χ3n) is 6.85. The van der Waals surface area contributed by atoms with Crippen LogP contribution >= 0.6 is 23.2 Å². The van der Waals surface area contributed by atoms with E-state index in [0.717, 1.165) is 38.0 Å². The summed E-state index contributed by atoms with van der Waals surface area (Å²) < 4.78 is 0. The number of amides is 4. The smallest absolute Gasteiger partial charge is 0.325 e. The minimum atomic E-state index is -0.740. The summed E-state index contributed by atoms with van der Waals surface area (Å²) in [5, 5.41) is 3.81. The van der Waals surface area contributed by atoms with Gasteiger partial charge in [-0.05, 0) is 56.5 Å². The zero-order valence-corrected chi connectivity index (χ0v) is 19.8. The monoisotopic (exact) mass is 480 g/mol. The fourth-order valence-electron chi connectivity index (χ4n) is 4.98. The molecule has 1 spiro atoms. The molecular formula is C23H30Cl2N4O3. The predicted octanol–water partition coefficient (Wildman–Crippen LogP) is 3.67. The van der Waals surface area contributed by atoms with Gasteiger partial charge in [-0.1, -0.05) is 42.1 Å². The quantitative estimate of drug-likeness (QED) is 0.576. The van der Waals surface area contributed by atoms with Crippen molar-refractivity contribution in [2.45, 2.75) is 57.0 Å². The maximum Gasteiger partial charge on any atom is 0.325 e.